The number of nitrogens with one attached hydrogen (secondary N) is 1. The number of fused-ring (bicyclic) bond motifs is 1. The molecule has 0 saturated heterocycles. The second-order valence-corrected chi connectivity index (χ2v) is 5.35. The molecule has 2 heterocycles. The van der Waals surface area contributed by atoms with Gasteiger partial charge in [0, 0.05) is 25.0 Å². The van der Waals surface area contributed by atoms with Crippen molar-refractivity contribution in [1.29, 1.82) is 0 Å². The van der Waals surface area contributed by atoms with E-state index in [9.17, 15) is 19.7 Å². The first kappa shape index (κ1) is 15.7. The highest BCUT2D eigenvalue weighted by Gasteiger charge is 2.19. The lowest BCUT2D eigenvalue weighted by molar-refractivity contribution is -0.384. The number of hydrogen-bond acceptors (Lipinski definition) is 5. The number of unbranched alkanes of at least 4 members (excludes halogenated alkanes) is 1. The normalized spacial score (nSPS) is 11.0. The Kier molecular flexibility index (Phi) is 3.98. The summed E-state index contributed by atoms with van der Waals surface area (Å²) in [7, 11) is 0. The topological polar surface area (TPSA) is 116 Å². The lowest BCUT2D eigenvalue weighted by Crippen LogP contribution is -2.36. The third kappa shape index (κ3) is 2.60. The number of aryl methyl sites for hydroxylation is 1. The zero-order valence-electron chi connectivity index (χ0n) is 12.9. The maximum absolute atomic E-state index is 12.2. The minimum absolute atomic E-state index is 0.183. The maximum atomic E-state index is 12.2. The Labute approximate surface area is 135 Å². The second kappa shape index (κ2) is 6.11. The quantitative estimate of drug-likeness (QED) is 0.433. The van der Waals surface area contributed by atoms with Gasteiger partial charge in [-0.2, -0.15) is 0 Å². The Balaban J connectivity index is 2.37. The Morgan fingerprint density at radius 1 is 1.33 bits per heavy atom. The van der Waals surface area contributed by atoms with Crippen molar-refractivity contribution in [3.63, 3.8) is 0 Å². The van der Waals surface area contributed by atoms with Crippen LogP contribution in [-0.4, -0.2) is 24.0 Å². The van der Waals surface area contributed by atoms with Crippen LogP contribution in [0, 0.1) is 10.1 Å². The molecule has 0 aliphatic heterocycles. The van der Waals surface area contributed by atoms with Crippen LogP contribution < -0.4 is 11.1 Å². The molecule has 0 aliphatic carbocycles. The van der Waals surface area contributed by atoms with Crippen molar-refractivity contribution in [2.75, 3.05) is 0 Å². The largest absolute Gasteiger partial charge is 0.316 e. The molecule has 9 nitrogen and oxygen atoms in total. The molecule has 0 aliphatic rings. The smallest absolute Gasteiger partial charge is 0.316 e. The number of aromatic amines is 1. The van der Waals surface area contributed by atoms with Crippen LogP contribution in [0.25, 0.3) is 16.7 Å². The van der Waals surface area contributed by atoms with Gasteiger partial charge in [0.15, 0.2) is 0 Å². The van der Waals surface area contributed by atoms with Gasteiger partial charge in [-0.15, -0.1) is 0 Å². The standard InChI is InChI=1S/C15H15N5O4/c1-2-3-5-19-11-8-12(18-6-4-16-9-18)13(20(23)24)7-10(11)17-14(21)15(19)22/h4,6-9H,2-3,5H2,1H3,(H,17,21). The van der Waals surface area contributed by atoms with Crippen molar-refractivity contribution in [3.05, 3.63) is 61.7 Å². The summed E-state index contributed by atoms with van der Waals surface area (Å²) in [6, 6.07) is 2.80. The van der Waals surface area contributed by atoms with Crippen molar-refractivity contribution < 1.29 is 4.92 Å². The molecule has 9 heteroatoms. The Morgan fingerprint density at radius 2 is 2.12 bits per heavy atom. The van der Waals surface area contributed by atoms with E-state index in [0.29, 0.717) is 12.1 Å². The molecule has 0 unspecified atom stereocenters. The van der Waals surface area contributed by atoms with Crippen LogP contribution in [0.1, 0.15) is 19.8 Å². The summed E-state index contributed by atoms with van der Waals surface area (Å²) in [4.78, 5) is 41.2. The summed E-state index contributed by atoms with van der Waals surface area (Å²) in [5, 5.41) is 11.4. The number of rotatable bonds is 5. The van der Waals surface area contributed by atoms with Gasteiger partial charge >= 0.3 is 11.1 Å². The van der Waals surface area contributed by atoms with Gasteiger partial charge in [0.1, 0.15) is 5.69 Å². The highest BCUT2D eigenvalue weighted by molar-refractivity contribution is 5.82. The van der Waals surface area contributed by atoms with Crippen molar-refractivity contribution in [3.8, 4) is 5.69 Å². The van der Waals surface area contributed by atoms with E-state index in [1.165, 1.54) is 33.8 Å². The molecule has 2 aromatic heterocycles. The number of aromatic nitrogens is 4. The molecule has 0 fully saturated rings. The van der Waals surface area contributed by atoms with E-state index in [-0.39, 0.29) is 16.9 Å². The first-order valence-electron chi connectivity index (χ1n) is 7.46. The SMILES string of the molecule is CCCCn1c(=O)c(=O)[nH]c2cc([N+](=O)[O-])c(-n3ccnc3)cc21. The van der Waals surface area contributed by atoms with Crippen molar-refractivity contribution in [1.82, 2.24) is 19.1 Å². The minimum atomic E-state index is -0.789. The monoisotopic (exact) mass is 329 g/mol. The molecule has 0 saturated carbocycles. The number of nitro benzene ring substituents is 1. The fourth-order valence-corrected chi connectivity index (χ4v) is 2.59. The fourth-order valence-electron chi connectivity index (χ4n) is 2.59. The van der Waals surface area contributed by atoms with Crippen LogP contribution in [0.3, 0.4) is 0 Å². The van der Waals surface area contributed by atoms with E-state index >= 15 is 0 Å². The molecular formula is C15H15N5O4. The van der Waals surface area contributed by atoms with Gasteiger partial charge in [-0.25, -0.2) is 4.98 Å². The fraction of sp³-hybridized carbons (Fsp3) is 0.267. The zero-order valence-corrected chi connectivity index (χ0v) is 12.9. The Bertz CT molecular complexity index is 1020. The summed E-state index contributed by atoms with van der Waals surface area (Å²) in [5.41, 5.74) is -0.656. The molecule has 0 spiro atoms. The van der Waals surface area contributed by atoms with Crippen molar-refractivity contribution >= 4 is 16.7 Å². The van der Waals surface area contributed by atoms with Gasteiger partial charge in [0.25, 0.3) is 5.69 Å². The first-order chi connectivity index (χ1) is 11.5. The zero-order chi connectivity index (χ0) is 17.3. The summed E-state index contributed by atoms with van der Waals surface area (Å²) >= 11 is 0. The average molecular weight is 329 g/mol. The lowest BCUT2D eigenvalue weighted by Gasteiger charge is -2.11. The van der Waals surface area contributed by atoms with Crippen molar-refractivity contribution in [2.45, 2.75) is 26.3 Å². The summed E-state index contributed by atoms with van der Waals surface area (Å²) in [5.74, 6) is 0. The summed E-state index contributed by atoms with van der Waals surface area (Å²) in [6.45, 7) is 2.35. The average Bonchev–Trinajstić information content (AvgIpc) is 3.08. The van der Waals surface area contributed by atoms with E-state index in [4.69, 9.17) is 0 Å². The second-order valence-electron chi connectivity index (χ2n) is 5.35. The summed E-state index contributed by atoms with van der Waals surface area (Å²) < 4.78 is 2.86. The van der Waals surface area contributed by atoms with E-state index in [1.54, 1.807) is 6.20 Å². The molecule has 1 aromatic carbocycles. The van der Waals surface area contributed by atoms with E-state index in [1.807, 2.05) is 6.92 Å². The number of H-pyrrole nitrogens is 1. The molecular weight excluding hydrogens is 314 g/mol. The van der Waals surface area contributed by atoms with Gasteiger partial charge in [0.2, 0.25) is 0 Å². The third-order valence-electron chi connectivity index (χ3n) is 3.79. The van der Waals surface area contributed by atoms with Gasteiger partial charge < -0.3 is 14.1 Å². The Hall–Kier alpha value is -3.23. The van der Waals surface area contributed by atoms with Gasteiger partial charge in [-0.3, -0.25) is 19.7 Å². The number of hydrogen-bond donors (Lipinski definition) is 1. The number of benzene rings is 1. The lowest BCUT2D eigenvalue weighted by atomic mass is 10.2. The van der Waals surface area contributed by atoms with Crippen LogP contribution in [-0.2, 0) is 6.54 Å². The van der Waals surface area contributed by atoms with E-state index in [0.717, 1.165) is 12.8 Å². The van der Waals surface area contributed by atoms with Gasteiger partial charge in [-0.1, -0.05) is 13.3 Å². The van der Waals surface area contributed by atoms with E-state index in [2.05, 4.69) is 9.97 Å². The van der Waals surface area contributed by atoms with Crippen LogP contribution in [0.4, 0.5) is 5.69 Å². The maximum Gasteiger partial charge on any atom is 0.316 e. The molecule has 1 N–H and O–H groups in total. The van der Waals surface area contributed by atoms with Crippen LogP contribution >= 0.6 is 0 Å². The van der Waals surface area contributed by atoms with Crippen LogP contribution in [0.2, 0.25) is 0 Å². The molecule has 124 valence electrons. The molecule has 3 rings (SSSR count). The number of imidazole rings is 1. The minimum Gasteiger partial charge on any atom is -0.316 e. The predicted molar refractivity (Wildman–Crippen MR) is 87.5 cm³/mol. The molecule has 3 aromatic rings. The highest BCUT2D eigenvalue weighted by atomic mass is 16.6. The molecule has 0 amide bonds. The number of nitrogens with zero attached hydrogens (tertiary/aromatic N) is 4. The Morgan fingerprint density at radius 3 is 2.75 bits per heavy atom. The molecule has 0 radical (unpaired) electrons. The molecule has 0 bridgehead atoms. The first-order valence-corrected chi connectivity index (χ1v) is 7.46. The van der Waals surface area contributed by atoms with Gasteiger partial charge in [-0.05, 0) is 12.5 Å². The van der Waals surface area contributed by atoms with Crippen LogP contribution in [0.5, 0.6) is 0 Å². The summed E-state index contributed by atoms with van der Waals surface area (Å²) in [6.07, 6.45) is 6.09. The van der Waals surface area contributed by atoms with Crippen molar-refractivity contribution in [2.24, 2.45) is 0 Å². The van der Waals surface area contributed by atoms with Crippen LogP contribution in [0.15, 0.2) is 40.4 Å². The molecule has 0 atom stereocenters. The predicted octanol–water partition coefficient (Wildman–Crippen LogP) is 1.58. The van der Waals surface area contributed by atoms with E-state index < -0.39 is 16.0 Å². The highest BCUT2D eigenvalue weighted by Crippen LogP contribution is 2.27. The van der Waals surface area contributed by atoms with Gasteiger partial charge in [0.05, 0.1) is 22.3 Å². The number of nitro groups is 1. The third-order valence-corrected chi connectivity index (χ3v) is 3.79. The molecule has 24 heavy (non-hydrogen) atoms.